The molecule has 44 heavy (non-hydrogen) atoms. The van der Waals surface area contributed by atoms with Gasteiger partial charge in [-0.15, -0.1) is 0 Å². The maximum absolute atomic E-state index is 13.6. The van der Waals surface area contributed by atoms with Gasteiger partial charge < -0.3 is 19.5 Å². The standard InChI is InChI=1S/C30H27F6N5O3/c1-39-23(12-20-4-2-3-5-25(20)26(39)42)17-41(16-18-10-21(29(31,32)33)13-22(11-18)30(34,35)36)28-37-14-24(15-38-28)40-8-6-19(7-9-40)27(43)44/h2-5,10-15,19H,6-9,16-17H2,1H3,(H,43,44). The fourth-order valence-corrected chi connectivity index (χ4v) is 5.31. The number of nitrogens with zero attached hydrogens (tertiary/aromatic N) is 5. The molecule has 1 N–H and O–H groups in total. The van der Waals surface area contributed by atoms with Gasteiger partial charge in [-0.25, -0.2) is 9.97 Å². The largest absolute Gasteiger partial charge is 0.481 e. The van der Waals surface area contributed by atoms with Gasteiger partial charge in [-0.1, -0.05) is 18.2 Å². The zero-order valence-corrected chi connectivity index (χ0v) is 23.4. The van der Waals surface area contributed by atoms with Gasteiger partial charge in [0.15, 0.2) is 0 Å². The van der Waals surface area contributed by atoms with E-state index in [1.165, 1.54) is 28.9 Å². The Labute approximate surface area is 247 Å². The molecule has 1 fully saturated rings. The molecule has 0 radical (unpaired) electrons. The Hall–Kier alpha value is -4.62. The topological polar surface area (TPSA) is 91.6 Å². The fraction of sp³-hybridized carbons (Fsp3) is 0.333. The molecule has 8 nitrogen and oxygen atoms in total. The summed E-state index contributed by atoms with van der Waals surface area (Å²) in [5, 5.41) is 10.3. The predicted molar refractivity (Wildman–Crippen MR) is 150 cm³/mol. The maximum atomic E-state index is 13.6. The lowest BCUT2D eigenvalue weighted by Gasteiger charge is -2.31. The minimum absolute atomic E-state index is 0.0146. The van der Waals surface area contributed by atoms with Crippen molar-refractivity contribution in [1.82, 2.24) is 14.5 Å². The summed E-state index contributed by atoms with van der Waals surface area (Å²) in [6.07, 6.45) is -6.23. The average molecular weight is 620 g/mol. The van der Waals surface area contributed by atoms with Crippen LogP contribution in [-0.2, 0) is 37.3 Å². The molecule has 5 rings (SSSR count). The number of hydrogen-bond acceptors (Lipinski definition) is 6. The summed E-state index contributed by atoms with van der Waals surface area (Å²) >= 11 is 0. The van der Waals surface area contributed by atoms with Crippen LogP contribution in [0.25, 0.3) is 10.8 Å². The molecule has 0 unspecified atom stereocenters. The smallest absolute Gasteiger partial charge is 0.416 e. The van der Waals surface area contributed by atoms with Crippen molar-refractivity contribution in [2.75, 3.05) is 22.9 Å². The Morgan fingerprint density at radius 1 is 0.932 bits per heavy atom. The van der Waals surface area contributed by atoms with E-state index in [0.717, 1.165) is 0 Å². The number of anilines is 2. The number of alkyl halides is 6. The molecule has 1 aliphatic heterocycles. The summed E-state index contributed by atoms with van der Waals surface area (Å²) in [4.78, 5) is 36.4. The summed E-state index contributed by atoms with van der Waals surface area (Å²) in [5.74, 6) is -1.30. The van der Waals surface area contributed by atoms with Crippen LogP contribution >= 0.6 is 0 Å². The molecule has 0 spiro atoms. The first-order chi connectivity index (χ1) is 20.7. The Bertz CT molecular complexity index is 1700. The number of fused-ring (bicyclic) bond motifs is 1. The third-order valence-corrected chi connectivity index (χ3v) is 7.74. The second kappa shape index (κ2) is 11.8. The molecule has 0 bridgehead atoms. The highest BCUT2D eigenvalue weighted by Crippen LogP contribution is 2.37. The van der Waals surface area contributed by atoms with Crippen LogP contribution in [0.3, 0.4) is 0 Å². The van der Waals surface area contributed by atoms with E-state index in [1.807, 2.05) is 4.90 Å². The normalized spacial score (nSPS) is 14.7. The third kappa shape index (κ3) is 6.63. The number of carboxylic acids is 1. The molecule has 0 amide bonds. The lowest BCUT2D eigenvalue weighted by molar-refractivity contribution is -0.144. The lowest BCUT2D eigenvalue weighted by atomic mass is 9.97. The molecular weight excluding hydrogens is 592 g/mol. The van der Waals surface area contributed by atoms with Crippen molar-refractivity contribution in [1.29, 1.82) is 0 Å². The van der Waals surface area contributed by atoms with Gasteiger partial charge >= 0.3 is 18.3 Å². The van der Waals surface area contributed by atoms with Crippen molar-refractivity contribution < 1.29 is 36.2 Å². The minimum Gasteiger partial charge on any atom is -0.481 e. The fourth-order valence-electron chi connectivity index (χ4n) is 5.31. The molecule has 2 aromatic carbocycles. The number of halogens is 6. The third-order valence-electron chi connectivity index (χ3n) is 7.74. The zero-order chi connectivity index (χ0) is 31.8. The van der Waals surface area contributed by atoms with Crippen LogP contribution in [0.1, 0.15) is 35.2 Å². The van der Waals surface area contributed by atoms with Crippen LogP contribution in [0.15, 0.2) is 65.7 Å². The van der Waals surface area contributed by atoms with E-state index < -0.39 is 41.9 Å². The van der Waals surface area contributed by atoms with Gasteiger partial charge in [-0.2, -0.15) is 26.3 Å². The molecule has 0 atom stereocenters. The number of aliphatic carboxylic acids is 1. The van der Waals surface area contributed by atoms with Crippen LogP contribution < -0.4 is 15.4 Å². The maximum Gasteiger partial charge on any atom is 0.416 e. The number of piperidine rings is 1. The highest BCUT2D eigenvalue weighted by atomic mass is 19.4. The van der Waals surface area contributed by atoms with Crippen LogP contribution in [0.2, 0.25) is 0 Å². The van der Waals surface area contributed by atoms with Gasteiger partial charge in [0.05, 0.1) is 41.7 Å². The van der Waals surface area contributed by atoms with Crippen LogP contribution in [0.4, 0.5) is 38.0 Å². The second-order valence-electron chi connectivity index (χ2n) is 10.7. The molecule has 2 aromatic heterocycles. The molecule has 0 saturated carbocycles. The van der Waals surface area contributed by atoms with E-state index in [1.54, 1.807) is 30.3 Å². The Morgan fingerprint density at radius 2 is 1.52 bits per heavy atom. The monoisotopic (exact) mass is 619 g/mol. The molecule has 1 saturated heterocycles. The van der Waals surface area contributed by atoms with Gasteiger partial charge in [-0.05, 0) is 54.1 Å². The molecule has 1 aliphatic rings. The summed E-state index contributed by atoms with van der Waals surface area (Å²) in [6.45, 7) is 0.356. The summed E-state index contributed by atoms with van der Waals surface area (Å²) in [5.41, 5.74) is -2.46. The molecular formula is C30H27F6N5O3. The van der Waals surface area contributed by atoms with Crippen molar-refractivity contribution in [3.63, 3.8) is 0 Å². The predicted octanol–water partition coefficient (Wildman–Crippen LogP) is 5.87. The summed E-state index contributed by atoms with van der Waals surface area (Å²) in [6, 6.07) is 9.93. The van der Waals surface area contributed by atoms with Crippen molar-refractivity contribution in [2.24, 2.45) is 13.0 Å². The quantitative estimate of drug-likeness (QED) is 0.259. The van der Waals surface area contributed by atoms with Gasteiger partial charge in [0, 0.05) is 37.8 Å². The van der Waals surface area contributed by atoms with E-state index in [4.69, 9.17) is 0 Å². The number of benzene rings is 2. The lowest BCUT2D eigenvalue weighted by Crippen LogP contribution is -2.36. The SMILES string of the molecule is Cn1c(CN(Cc2cc(C(F)(F)F)cc(C(F)(F)F)c2)c2ncc(N3CCC(C(=O)O)CC3)cn2)cc2ccccc2c1=O. The number of carbonyl (C=O) groups is 1. The van der Waals surface area contributed by atoms with Gasteiger partial charge in [0.1, 0.15) is 0 Å². The van der Waals surface area contributed by atoms with Gasteiger partial charge in [0.2, 0.25) is 5.95 Å². The molecule has 4 aromatic rings. The number of carboxylic acid groups (broad SMARTS) is 1. The van der Waals surface area contributed by atoms with E-state index in [-0.39, 0.29) is 29.7 Å². The first-order valence-electron chi connectivity index (χ1n) is 13.6. The molecule has 0 aliphatic carbocycles. The molecule has 232 valence electrons. The van der Waals surface area contributed by atoms with Crippen molar-refractivity contribution in [3.05, 3.63) is 93.7 Å². The van der Waals surface area contributed by atoms with Crippen LogP contribution in [0, 0.1) is 5.92 Å². The number of hydrogen-bond donors (Lipinski definition) is 1. The number of aromatic nitrogens is 3. The van der Waals surface area contributed by atoms with Gasteiger partial charge in [0.25, 0.3) is 5.56 Å². The van der Waals surface area contributed by atoms with E-state index in [2.05, 4.69) is 9.97 Å². The number of pyridine rings is 1. The van der Waals surface area contributed by atoms with E-state index in [9.17, 15) is 41.0 Å². The van der Waals surface area contributed by atoms with Crippen molar-refractivity contribution in [3.8, 4) is 0 Å². The summed E-state index contributed by atoms with van der Waals surface area (Å²) in [7, 11) is 1.53. The number of rotatable bonds is 7. The first kappa shape index (κ1) is 30.8. The summed E-state index contributed by atoms with van der Waals surface area (Å²) < 4.78 is 83.0. The second-order valence-corrected chi connectivity index (χ2v) is 10.7. The molecule has 14 heteroatoms. The minimum atomic E-state index is -5.02. The van der Waals surface area contributed by atoms with Gasteiger partial charge in [-0.3, -0.25) is 9.59 Å². The molecule has 3 heterocycles. The van der Waals surface area contributed by atoms with E-state index >= 15 is 0 Å². The average Bonchev–Trinajstić information content (AvgIpc) is 2.98. The Morgan fingerprint density at radius 3 is 2.09 bits per heavy atom. The highest BCUT2D eigenvalue weighted by molar-refractivity contribution is 5.81. The van der Waals surface area contributed by atoms with Crippen LogP contribution in [-0.4, -0.2) is 38.7 Å². The highest BCUT2D eigenvalue weighted by Gasteiger charge is 2.37. The van der Waals surface area contributed by atoms with Crippen molar-refractivity contribution in [2.45, 2.75) is 38.3 Å². The Kier molecular flexibility index (Phi) is 8.28. The Balaban J connectivity index is 1.52. The first-order valence-corrected chi connectivity index (χ1v) is 13.6. The van der Waals surface area contributed by atoms with Crippen molar-refractivity contribution >= 4 is 28.4 Å². The van der Waals surface area contributed by atoms with E-state index in [0.29, 0.717) is 60.2 Å². The van der Waals surface area contributed by atoms with Crippen LogP contribution in [0.5, 0.6) is 0 Å². The zero-order valence-electron chi connectivity index (χ0n) is 23.4.